The monoisotopic (exact) mass is 304 g/mol. The van der Waals surface area contributed by atoms with E-state index < -0.39 is 51.7 Å². The van der Waals surface area contributed by atoms with Crippen LogP contribution in [-0.2, 0) is 0 Å². The number of carbonyl (C=O) groups is 1. The number of hydrogen-bond acceptors (Lipinski definition) is 3. The van der Waals surface area contributed by atoms with Crippen LogP contribution in [0.4, 0.5) is 27.8 Å². The van der Waals surface area contributed by atoms with Gasteiger partial charge in [0.25, 0.3) is 0 Å². The molecule has 1 heterocycles. The zero-order valence-corrected chi connectivity index (χ0v) is 9.92. The zero-order chi connectivity index (χ0) is 15.9. The number of pyridine rings is 1. The van der Waals surface area contributed by atoms with Crippen LogP contribution in [0.2, 0.25) is 0 Å². The van der Waals surface area contributed by atoms with E-state index in [1.165, 1.54) is 0 Å². The van der Waals surface area contributed by atoms with Crippen molar-refractivity contribution in [3.05, 3.63) is 46.9 Å². The number of halogens is 5. The third-order valence-corrected chi connectivity index (χ3v) is 2.63. The Morgan fingerprint density at radius 1 is 1.00 bits per heavy atom. The van der Waals surface area contributed by atoms with E-state index in [1.807, 2.05) is 0 Å². The molecule has 0 atom stereocenters. The lowest BCUT2D eigenvalue weighted by Gasteiger charge is -2.10. The molecule has 0 fully saturated rings. The summed E-state index contributed by atoms with van der Waals surface area (Å²) in [6.45, 7) is 0. The highest BCUT2D eigenvalue weighted by atomic mass is 19.2. The summed E-state index contributed by atoms with van der Waals surface area (Å²) in [5, 5.41) is 8.94. The number of rotatable bonds is 2. The molecular formula is C12H5F5N2O2. The van der Waals surface area contributed by atoms with Gasteiger partial charge in [0.05, 0.1) is 11.1 Å². The first kappa shape index (κ1) is 14.7. The van der Waals surface area contributed by atoms with Gasteiger partial charge in [-0.2, -0.15) is 0 Å². The molecule has 0 aliphatic rings. The number of hydrogen-bond donors (Lipinski definition) is 2. The number of nitrogen functional groups attached to an aromatic ring is 1. The van der Waals surface area contributed by atoms with Crippen LogP contribution < -0.4 is 5.73 Å². The van der Waals surface area contributed by atoms with Gasteiger partial charge in [0.1, 0.15) is 5.82 Å². The lowest BCUT2D eigenvalue weighted by atomic mass is 10.00. The SMILES string of the molecule is Nc1cc(C(=O)O)c(-c2c(F)c(F)c(F)c(F)c2F)cn1. The second kappa shape index (κ2) is 5.00. The molecule has 3 N–H and O–H groups in total. The number of anilines is 1. The third kappa shape index (κ3) is 2.26. The first-order chi connectivity index (χ1) is 9.75. The molecule has 0 bridgehead atoms. The molecule has 0 aliphatic heterocycles. The summed E-state index contributed by atoms with van der Waals surface area (Å²) >= 11 is 0. The minimum atomic E-state index is -2.34. The van der Waals surface area contributed by atoms with Crippen molar-refractivity contribution in [3.8, 4) is 11.1 Å². The predicted molar refractivity (Wildman–Crippen MR) is 60.8 cm³/mol. The van der Waals surface area contributed by atoms with Gasteiger partial charge >= 0.3 is 5.97 Å². The minimum absolute atomic E-state index is 0.292. The van der Waals surface area contributed by atoms with Gasteiger partial charge in [-0.25, -0.2) is 31.7 Å². The maximum Gasteiger partial charge on any atom is 0.336 e. The third-order valence-electron chi connectivity index (χ3n) is 2.63. The zero-order valence-electron chi connectivity index (χ0n) is 9.92. The maximum absolute atomic E-state index is 13.7. The Kier molecular flexibility index (Phi) is 3.50. The van der Waals surface area contributed by atoms with Crippen LogP contribution in [0.15, 0.2) is 12.3 Å². The van der Waals surface area contributed by atoms with Crippen molar-refractivity contribution in [2.45, 2.75) is 0 Å². The molecule has 0 radical (unpaired) electrons. The molecule has 0 amide bonds. The average molecular weight is 304 g/mol. The van der Waals surface area contributed by atoms with Crippen LogP contribution in [-0.4, -0.2) is 16.1 Å². The van der Waals surface area contributed by atoms with Crippen molar-refractivity contribution in [2.24, 2.45) is 0 Å². The highest BCUT2D eigenvalue weighted by Gasteiger charge is 2.29. The minimum Gasteiger partial charge on any atom is -0.478 e. The number of benzene rings is 1. The summed E-state index contributed by atoms with van der Waals surface area (Å²) in [6.07, 6.45) is 0.622. The average Bonchev–Trinajstić information content (AvgIpc) is 2.44. The van der Waals surface area contributed by atoms with E-state index in [-0.39, 0.29) is 5.82 Å². The van der Waals surface area contributed by atoms with Gasteiger partial charge in [-0.3, -0.25) is 0 Å². The van der Waals surface area contributed by atoms with Gasteiger partial charge in [-0.15, -0.1) is 0 Å². The molecule has 0 unspecified atom stereocenters. The van der Waals surface area contributed by atoms with Crippen molar-refractivity contribution in [2.75, 3.05) is 5.73 Å². The van der Waals surface area contributed by atoms with Crippen LogP contribution in [0.3, 0.4) is 0 Å². The van der Waals surface area contributed by atoms with E-state index in [2.05, 4.69) is 4.98 Å². The fraction of sp³-hybridized carbons (Fsp3) is 0. The summed E-state index contributed by atoms with van der Waals surface area (Å²) in [7, 11) is 0. The molecule has 2 rings (SSSR count). The van der Waals surface area contributed by atoms with E-state index in [0.29, 0.717) is 6.20 Å². The fourth-order valence-electron chi connectivity index (χ4n) is 1.69. The molecular weight excluding hydrogens is 299 g/mol. The van der Waals surface area contributed by atoms with Crippen LogP contribution in [0.1, 0.15) is 10.4 Å². The molecule has 2 aromatic rings. The normalized spacial score (nSPS) is 10.7. The second-order valence-electron chi connectivity index (χ2n) is 3.90. The number of carboxylic acids is 1. The Morgan fingerprint density at radius 3 is 1.95 bits per heavy atom. The van der Waals surface area contributed by atoms with Gasteiger partial charge < -0.3 is 10.8 Å². The number of aromatic carboxylic acids is 1. The summed E-state index contributed by atoms with van der Waals surface area (Å²) in [4.78, 5) is 14.4. The Hall–Kier alpha value is -2.71. The summed E-state index contributed by atoms with van der Waals surface area (Å²) in [5.41, 5.74) is 2.34. The van der Waals surface area contributed by atoms with Gasteiger partial charge in [0.15, 0.2) is 23.3 Å². The summed E-state index contributed by atoms with van der Waals surface area (Å²) in [5.74, 6) is -13.0. The van der Waals surface area contributed by atoms with E-state index in [4.69, 9.17) is 10.8 Å². The van der Waals surface area contributed by atoms with Gasteiger partial charge in [-0.05, 0) is 6.07 Å². The predicted octanol–water partition coefficient (Wildman–Crippen LogP) is 2.72. The van der Waals surface area contributed by atoms with Gasteiger partial charge in [0.2, 0.25) is 5.82 Å². The van der Waals surface area contributed by atoms with Crippen molar-refractivity contribution >= 4 is 11.8 Å². The lowest BCUT2D eigenvalue weighted by molar-refractivity contribution is 0.0697. The van der Waals surface area contributed by atoms with E-state index >= 15 is 0 Å². The first-order valence-corrected chi connectivity index (χ1v) is 5.26. The van der Waals surface area contributed by atoms with Crippen molar-refractivity contribution in [1.29, 1.82) is 0 Å². The van der Waals surface area contributed by atoms with Gasteiger partial charge in [0, 0.05) is 11.8 Å². The molecule has 21 heavy (non-hydrogen) atoms. The van der Waals surface area contributed by atoms with Crippen molar-refractivity contribution in [1.82, 2.24) is 4.98 Å². The smallest absolute Gasteiger partial charge is 0.336 e. The number of carboxylic acid groups (broad SMARTS) is 1. The Morgan fingerprint density at radius 2 is 1.48 bits per heavy atom. The lowest BCUT2D eigenvalue weighted by Crippen LogP contribution is -2.08. The van der Waals surface area contributed by atoms with E-state index in [1.54, 1.807) is 0 Å². The van der Waals surface area contributed by atoms with Crippen LogP contribution >= 0.6 is 0 Å². The maximum atomic E-state index is 13.7. The Bertz CT molecular complexity index is 735. The fourth-order valence-corrected chi connectivity index (χ4v) is 1.69. The molecule has 110 valence electrons. The highest BCUT2D eigenvalue weighted by molar-refractivity contribution is 5.96. The summed E-state index contributed by atoms with van der Waals surface area (Å²) < 4.78 is 66.6. The topological polar surface area (TPSA) is 76.2 Å². The molecule has 4 nitrogen and oxygen atoms in total. The molecule has 9 heteroatoms. The van der Waals surface area contributed by atoms with Crippen LogP contribution in [0.5, 0.6) is 0 Å². The first-order valence-electron chi connectivity index (χ1n) is 5.26. The van der Waals surface area contributed by atoms with E-state index in [9.17, 15) is 26.7 Å². The molecule has 1 aromatic carbocycles. The Labute approximate surface area is 113 Å². The molecule has 0 saturated heterocycles. The largest absolute Gasteiger partial charge is 0.478 e. The van der Waals surface area contributed by atoms with Crippen LogP contribution in [0, 0.1) is 29.1 Å². The molecule has 1 aromatic heterocycles. The summed E-state index contributed by atoms with van der Waals surface area (Å²) in [6, 6.07) is 0.746. The van der Waals surface area contributed by atoms with E-state index in [0.717, 1.165) is 6.07 Å². The van der Waals surface area contributed by atoms with Crippen LogP contribution in [0.25, 0.3) is 11.1 Å². The molecule has 0 spiro atoms. The second-order valence-corrected chi connectivity index (χ2v) is 3.90. The standard InChI is InChI=1S/C12H5F5N2O2/c13-7-6(8(14)10(16)11(17)9(7)15)4-2-19-5(18)1-3(4)12(20)21/h1-2H,(H2,18,19)(H,20,21). The highest BCUT2D eigenvalue weighted by Crippen LogP contribution is 2.33. The number of nitrogens with two attached hydrogens (primary N) is 1. The molecule has 0 aliphatic carbocycles. The Balaban J connectivity index is 2.89. The quantitative estimate of drug-likeness (QED) is 0.508. The number of nitrogens with zero attached hydrogens (tertiary/aromatic N) is 1. The molecule has 0 saturated carbocycles. The number of aromatic nitrogens is 1. The van der Waals surface area contributed by atoms with Crippen molar-refractivity contribution in [3.63, 3.8) is 0 Å². The van der Waals surface area contributed by atoms with Gasteiger partial charge in [-0.1, -0.05) is 0 Å². The van der Waals surface area contributed by atoms with Crippen molar-refractivity contribution < 1.29 is 31.9 Å².